The van der Waals surface area contributed by atoms with E-state index in [9.17, 15) is 0 Å². The average molecular weight is 411 g/mol. The summed E-state index contributed by atoms with van der Waals surface area (Å²) in [5.41, 5.74) is 5.93. The van der Waals surface area contributed by atoms with Crippen molar-refractivity contribution in [1.29, 1.82) is 0 Å². The van der Waals surface area contributed by atoms with Crippen LogP contribution in [0.15, 0.2) is 35.5 Å². The van der Waals surface area contributed by atoms with E-state index in [0.717, 1.165) is 17.8 Å². The molecule has 3 fully saturated rings. The topological polar surface area (TPSA) is 0 Å². The normalized spacial score (nSPS) is 37.4. The Balaban J connectivity index is 1.67. The summed E-state index contributed by atoms with van der Waals surface area (Å²) in [4.78, 5) is 0. The van der Waals surface area contributed by atoms with Crippen LogP contribution in [0.2, 0.25) is 0 Å². The third kappa shape index (κ3) is 5.34. The van der Waals surface area contributed by atoms with Gasteiger partial charge in [0.25, 0.3) is 0 Å². The molecule has 0 amide bonds. The Morgan fingerprint density at radius 3 is 2.40 bits per heavy atom. The van der Waals surface area contributed by atoms with Gasteiger partial charge in [0.05, 0.1) is 0 Å². The lowest BCUT2D eigenvalue weighted by atomic mass is 9.60. The molecule has 3 rings (SSSR count). The van der Waals surface area contributed by atoms with Gasteiger partial charge in [-0.2, -0.15) is 0 Å². The molecule has 3 aliphatic carbocycles. The van der Waals surface area contributed by atoms with Crippen LogP contribution in [0.4, 0.5) is 0 Å². The minimum Gasteiger partial charge on any atom is -0.0993 e. The zero-order valence-corrected chi connectivity index (χ0v) is 21.3. The van der Waals surface area contributed by atoms with E-state index in [1.165, 1.54) is 69.8 Å². The van der Waals surface area contributed by atoms with Crippen LogP contribution in [-0.2, 0) is 0 Å². The Labute approximate surface area is 188 Å². The van der Waals surface area contributed by atoms with Crippen molar-refractivity contribution in [3.8, 4) is 0 Å². The standard InChI is InChI=1S/C30H50/c1-21(11-9-17-29(5,6)7)27-15-16-28-26(12-10-18-30(27,28)8)14-13-25-19-22(2)24(4)23(3)20-25/h13-14,21-23,27-28H,4,9-12,15-20H2,1-3,5-8H3/b26-14+/t21-,22+,23+,27?,28?,30+/m0/s1. The highest BCUT2D eigenvalue weighted by Crippen LogP contribution is 2.60. The van der Waals surface area contributed by atoms with Crippen molar-refractivity contribution in [3.05, 3.63) is 35.5 Å². The third-order valence-electron chi connectivity index (χ3n) is 9.25. The van der Waals surface area contributed by atoms with E-state index in [-0.39, 0.29) is 0 Å². The van der Waals surface area contributed by atoms with E-state index in [2.05, 4.69) is 67.2 Å². The fourth-order valence-electron chi connectivity index (χ4n) is 7.35. The Bertz CT molecular complexity index is 653. The van der Waals surface area contributed by atoms with E-state index in [1.807, 2.05) is 0 Å². The van der Waals surface area contributed by atoms with E-state index in [0.29, 0.717) is 22.7 Å². The molecule has 0 radical (unpaired) electrons. The molecule has 3 saturated carbocycles. The Kier molecular flexibility index (Phi) is 7.46. The maximum absolute atomic E-state index is 4.33. The first-order valence-electron chi connectivity index (χ1n) is 13.1. The van der Waals surface area contributed by atoms with Gasteiger partial charge < -0.3 is 0 Å². The Hall–Kier alpha value is -0.780. The third-order valence-corrected chi connectivity index (χ3v) is 9.25. The summed E-state index contributed by atoms with van der Waals surface area (Å²) in [7, 11) is 0. The van der Waals surface area contributed by atoms with Gasteiger partial charge in [-0.1, -0.05) is 96.8 Å². The molecule has 30 heavy (non-hydrogen) atoms. The number of hydrogen-bond donors (Lipinski definition) is 0. The molecule has 2 unspecified atom stereocenters. The molecule has 0 aliphatic heterocycles. The fraction of sp³-hybridized carbons (Fsp3) is 0.800. The summed E-state index contributed by atoms with van der Waals surface area (Å²) < 4.78 is 0. The zero-order chi connectivity index (χ0) is 22.1. The predicted molar refractivity (Wildman–Crippen MR) is 134 cm³/mol. The first-order valence-corrected chi connectivity index (χ1v) is 13.1. The van der Waals surface area contributed by atoms with Gasteiger partial charge >= 0.3 is 0 Å². The summed E-state index contributed by atoms with van der Waals surface area (Å²) in [6.45, 7) is 21.4. The number of hydrogen-bond acceptors (Lipinski definition) is 0. The monoisotopic (exact) mass is 410 g/mol. The highest BCUT2D eigenvalue weighted by atomic mass is 14.5. The molecule has 0 spiro atoms. The highest BCUT2D eigenvalue weighted by molar-refractivity contribution is 5.28. The molecule has 0 aromatic rings. The lowest BCUT2D eigenvalue weighted by molar-refractivity contribution is 0.0920. The van der Waals surface area contributed by atoms with Crippen molar-refractivity contribution in [2.45, 2.75) is 113 Å². The molecule has 0 saturated heterocycles. The lowest BCUT2D eigenvalue weighted by Crippen LogP contribution is -2.36. The molecule has 6 atom stereocenters. The van der Waals surface area contributed by atoms with Gasteiger partial charge in [-0.05, 0) is 91.8 Å². The molecule has 0 bridgehead atoms. The molecule has 170 valence electrons. The summed E-state index contributed by atoms with van der Waals surface area (Å²) in [6.07, 6.45) is 18.8. The van der Waals surface area contributed by atoms with E-state index in [1.54, 1.807) is 11.1 Å². The predicted octanol–water partition coefficient (Wildman–Crippen LogP) is 9.53. The Morgan fingerprint density at radius 1 is 1.10 bits per heavy atom. The quantitative estimate of drug-likeness (QED) is 0.396. The van der Waals surface area contributed by atoms with Crippen LogP contribution in [0, 0.1) is 40.4 Å². The first kappa shape index (κ1) is 23.9. The van der Waals surface area contributed by atoms with Crippen molar-refractivity contribution < 1.29 is 0 Å². The molecule has 0 aromatic heterocycles. The first-order chi connectivity index (χ1) is 14.0. The molecular weight excluding hydrogens is 360 g/mol. The molecule has 3 aliphatic rings. The maximum Gasteiger partial charge on any atom is -0.0143 e. The summed E-state index contributed by atoms with van der Waals surface area (Å²) in [5, 5.41) is 0. The smallest absolute Gasteiger partial charge is 0.0143 e. The van der Waals surface area contributed by atoms with Crippen molar-refractivity contribution in [2.24, 2.45) is 40.4 Å². The van der Waals surface area contributed by atoms with Crippen LogP contribution < -0.4 is 0 Å². The van der Waals surface area contributed by atoms with Gasteiger partial charge in [0.1, 0.15) is 0 Å². The molecule has 0 aromatic carbocycles. The van der Waals surface area contributed by atoms with Crippen molar-refractivity contribution in [2.75, 3.05) is 0 Å². The summed E-state index contributed by atoms with van der Waals surface area (Å²) >= 11 is 0. The van der Waals surface area contributed by atoms with Gasteiger partial charge in [-0.25, -0.2) is 0 Å². The molecule has 0 heterocycles. The highest BCUT2D eigenvalue weighted by Gasteiger charge is 2.50. The lowest BCUT2D eigenvalue weighted by Gasteiger charge is -2.44. The minimum atomic E-state index is 0.483. The van der Waals surface area contributed by atoms with Gasteiger partial charge in [0, 0.05) is 0 Å². The van der Waals surface area contributed by atoms with Crippen LogP contribution >= 0.6 is 0 Å². The second kappa shape index (κ2) is 9.38. The SMILES string of the molecule is C=C1[C@H](C)CC(=C/C=C2\CCC[C@@]3(C)C2CCC3[C@@H](C)CCCC(C)(C)C)C[C@H]1C. The zero-order valence-electron chi connectivity index (χ0n) is 21.3. The van der Waals surface area contributed by atoms with Gasteiger partial charge in [0.15, 0.2) is 0 Å². The largest absolute Gasteiger partial charge is 0.0993 e. The van der Waals surface area contributed by atoms with Crippen molar-refractivity contribution in [1.82, 2.24) is 0 Å². The second-order valence-corrected chi connectivity index (χ2v) is 12.9. The maximum atomic E-state index is 4.33. The van der Waals surface area contributed by atoms with Crippen LogP contribution in [0.3, 0.4) is 0 Å². The average Bonchev–Trinajstić information content (AvgIpc) is 3.00. The molecular formula is C30H50. The molecule has 0 heteroatoms. The van der Waals surface area contributed by atoms with Crippen LogP contribution in [0.5, 0.6) is 0 Å². The minimum absolute atomic E-state index is 0.483. The number of allylic oxidation sites excluding steroid dienone is 5. The summed E-state index contributed by atoms with van der Waals surface area (Å²) in [6, 6.07) is 0. The fourth-order valence-corrected chi connectivity index (χ4v) is 7.35. The van der Waals surface area contributed by atoms with Gasteiger partial charge in [0.2, 0.25) is 0 Å². The van der Waals surface area contributed by atoms with E-state index >= 15 is 0 Å². The van der Waals surface area contributed by atoms with Crippen LogP contribution in [-0.4, -0.2) is 0 Å². The van der Waals surface area contributed by atoms with Crippen molar-refractivity contribution >= 4 is 0 Å². The Morgan fingerprint density at radius 2 is 1.77 bits per heavy atom. The van der Waals surface area contributed by atoms with Crippen molar-refractivity contribution in [3.63, 3.8) is 0 Å². The number of rotatable bonds is 5. The molecule has 0 nitrogen and oxygen atoms in total. The van der Waals surface area contributed by atoms with E-state index in [4.69, 9.17) is 0 Å². The van der Waals surface area contributed by atoms with Crippen LogP contribution in [0.1, 0.15) is 113 Å². The summed E-state index contributed by atoms with van der Waals surface area (Å²) in [5.74, 6) is 3.95. The van der Waals surface area contributed by atoms with Gasteiger partial charge in [-0.3, -0.25) is 0 Å². The van der Waals surface area contributed by atoms with E-state index < -0.39 is 0 Å². The van der Waals surface area contributed by atoms with Crippen LogP contribution in [0.25, 0.3) is 0 Å². The number of fused-ring (bicyclic) bond motifs is 1. The molecule has 0 N–H and O–H groups in total. The second-order valence-electron chi connectivity index (χ2n) is 12.9. The van der Waals surface area contributed by atoms with Gasteiger partial charge in [-0.15, -0.1) is 0 Å².